The van der Waals surface area contributed by atoms with E-state index in [4.69, 9.17) is 11.6 Å². The standard InChI is InChI=1S/C14H16ClN5/c1-3-11-10(8-19(2)18-11)9-20-13-4-5-16-7-12(13)17-14(20)6-15/h4-5,7-8H,3,6,9H2,1-2H3. The van der Waals surface area contributed by atoms with Gasteiger partial charge in [0.05, 0.1) is 29.8 Å². The molecule has 0 aliphatic rings. The highest BCUT2D eigenvalue weighted by molar-refractivity contribution is 6.16. The van der Waals surface area contributed by atoms with Gasteiger partial charge in [0.25, 0.3) is 0 Å². The van der Waals surface area contributed by atoms with E-state index in [0.29, 0.717) is 5.88 Å². The maximum Gasteiger partial charge on any atom is 0.125 e. The number of alkyl halides is 1. The van der Waals surface area contributed by atoms with Crippen molar-refractivity contribution in [2.75, 3.05) is 0 Å². The summed E-state index contributed by atoms with van der Waals surface area (Å²) in [5.74, 6) is 1.25. The van der Waals surface area contributed by atoms with Crippen LogP contribution in [0.2, 0.25) is 0 Å². The highest BCUT2D eigenvalue weighted by Crippen LogP contribution is 2.19. The first-order chi connectivity index (χ1) is 9.72. The van der Waals surface area contributed by atoms with Gasteiger partial charge in [-0.25, -0.2) is 4.98 Å². The highest BCUT2D eigenvalue weighted by Gasteiger charge is 2.13. The summed E-state index contributed by atoms with van der Waals surface area (Å²) in [6, 6.07) is 1.97. The molecule has 3 aromatic rings. The Morgan fingerprint density at radius 2 is 2.20 bits per heavy atom. The number of imidazole rings is 1. The van der Waals surface area contributed by atoms with Crippen molar-refractivity contribution in [1.29, 1.82) is 0 Å². The molecule has 3 heterocycles. The molecule has 0 amide bonds. The monoisotopic (exact) mass is 289 g/mol. The van der Waals surface area contributed by atoms with Crippen molar-refractivity contribution in [3.05, 3.63) is 41.7 Å². The number of fused-ring (bicyclic) bond motifs is 1. The number of aryl methyl sites for hydroxylation is 2. The third kappa shape index (κ3) is 2.18. The number of aromatic nitrogens is 5. The van der Waals surface area contributed by atoms with Crippen molar-refractivity contribution >= 4 is 22.6 Å². The lowest BCUT2D eigenvalue weighted by molar-refractivity contribution is 0.746. The van der Waals surface area contributed by atoms with Crippen LogP contribution in [0.1, 0.15) is 24.0 Å². The molecule has 0 spiro atoms. The van der Waals surface area contributed by atoms with Crippen molar-refractivity contribution in [3.63, 3.8) is 0 Å². The van der Waals surface area contributed by atoms with Crippen molar-refractivity contribution < 1.29 is 0 Å². The number of pyridine rings is 1. The second-order valence-electron chi connectivity index (χ2n) is 4.74. The molecule has 3 aromatic heterocycles. The first kappa shape index (κ1) is 13.1. The summed E-state index contributed by atoms with van der Waals surface area (Å²) in [6.45, 7) is 2.85. The van der Waals surface area contributed by atoms with Gasteiger partial charge >= 0.3 is 0 Å². The van der Waals surface area contributed by atoms with Crippen molar-refractivity contribution in [2.24, 2.45) is 7.05 Å². The van der Waals surface area contributed by atoms with E-state index in [1.54, 1.807) is 12.4 Å². The molecule has 0 aromatic carbocycles. The van der Waals surface area contributed by atoms with Crippen LogP contribution in [0, 0.1) is 0 Å². The van der Waals surface area contributed by atoms with Gasteiger partial charge in [-0.15, -0.1) is 11.6 Å². The number of nitrogens with zero attached hydrogens (tertiary/aromatic N) is 5. The fourth-order valence-electron chi connectivity index (χ4n) is 2.49. The summed E-state index contributed by atoms with van der Waals surface area (Å²) < 4.78 is 4.00. The van der Waals surface area contributed by atoms with Crippen LogP contribution in [0.5, 0.6) is 0 Å². The molecule has 104 valence electrons. The SMILES string of the molecule is CCc1nn(C)cc1Cn1c(CCl)nc2cnccc21. The predicted octanol–water partition coefficient (Wildman–Crippen LogP) is 2.51. The lowest BCUT2D eigenvalue weighted by Crippen LogP contribution is -2.05. The Hall–Kier alpha value is -1.88. The molecule has 3 rings (SSSR count). The molecule has 0 aliphatic carbocycles. The molecule has 6 heteroatoms. The van der Waals surface area contributed by atoms with Gasteiger partial charge in [0.1, 0.15) is 11.3 Å². The van der Waals surface area contributed by atoms with E-state index in [1.165, 1.54) is 5.56 Å². The topological polar surface area (TPSA) is 48.5 Å². The normalized spacial score (nSPS) is 11.3. The second kappa shape index (κ2) is 5.25. The Labute approximate surface area is 122 Å². The van der Waals surface area contributed by atoms with E-state index >= 15 is 0 Å². The molecule has 0 fully saturated rings. The molecule has 0 saturated carbocycles. The summed E-state index contributed by atoms with van der Waals surface area (Å²) in [7, 11) is 1.95. The first-order valence-corrected chi connectivity index (χ1v) is 7.12. The van der Waals surface area contributed by atoms with Crippen LogP contribution in [0.4, 0.5) is 0 Å². The lowest BCUT2D eigenvalue weighted by Gasteiger charge is -2.07. The van der Waals surface area contributed by atoms with Crippen LogP contribution in [-0.4, -0.2) is 24.3 Å². The van der Waals surface area contributed by atoms with Gasteiger partial charge in [0.15, 0.2) is 0 Å². The van der Waals surface area contributed by atoms with Crippen molar-refractivity contribution in [3.8, 4) is 0 Å². The number of halogens is 1. The number of hydrogen-bond acceptors (Lipinski definition) is 3. The quantitative estimate of drug-likeness (QED) is 0.694. The van der Waals surface area contributed by atoms with Crippen LogP contribution < -0.4 is 0 Å². The molecular formula is C14H16ClN5. The maximum absolute atomic E-state index is 6.02. The minimum absolute atomic E-state index is 0.385. The Balaban J connectivity index is 2.09. The summed E-state index contributed by atoms with van der Waals surface area (Å²) in [5, 5.41) is 4.48. The Kier molecular flexibility index (Phi) is 3.44. The van der Waals surface area contributed by atoms with E-state index in [-0.39, 0.29) is 0 Å². The molecule has 0 unspecified atom stereocenters. The number of rotatable bonds is 4. The van der Waals surface area contributed by atoms with Gasteiger partial charge in [-0.3, -0.25) is 9.67 Å². The maximum atomic E-state index is 6.02. The molecule has 0 saturated heterocycles. The van der Waals surface area contributed by atoms with Crippen LogP contribution in [0.3, 0.4) is 0 Å². The molecule has 0 N–H and O–H groups in total. The molecule has 20 heavy (non-hydrogen) atoms. The van der Waals surface area contributed by atoms with Crippen LogP contribution in [0.15, 0.2) is 24.7 Å². The average molecular weight is 290 g/mol. The number of hydrogen-bond donors (Lipinski definition) is 0. The summed E-state index contributed by atoms with van der Waals surface area (Å²) >= 11 is 6.02. The lowest BCUT2D eigenvalue weighted by atomic mass is 10.2. The Morgan fingerprint density at radius 1 is 1.35 bits per heavy atom. The van der Waals surface area contributed by atoms with Crippen molar-refractivity contribution in [1.82, 2.24) is 24.3 Å². The van der Waals surface area contributed by atoms with E-state index in [2.05, 4.69) is 32.8 Å². The van der Waals surface area contributed by atoms with Gasteiger partial charge < -0.3 is 4.57 Å². The summed E-state index contributed by atoms with van der Waals surface area (Å²) in [6.07, 6.45) is 6.53. The van der Waals surface area contributed by atoms with E-state index in [0.717, 1.165) is 35.5 Å². The van der Waals surface area contributed by atoms with Gasteiger partial charge in [-0.05, 0) is 12.5 Å². The van der Waals surface area contributed by atoms with Gasteiger partial charge in [-0.2, -0.15) is 5.10 Å². The largest absolute Gasteiger partial charge is 0.322 e. The molecule has 0 atom stereocenters. The molecule has 5 nitrogen and oxygen atoms in total. The zero-order valence-corrected chi connectivity index (χ0v) is 12.3. The van der Waals surface area contributed by atoms with Crippen LogP contribution in [0.25, 0.3) is 11.0 Å². The Morgan fingerprint density at radius 3 is 2.95 bits per heavy atom. The predicted molar refractivity (Wildman–Crippen MR) is 78.8 cm³/mol. The third-order valence-electron chi connectivity index (χ3n) is 3.40. The average Bonchev–Trinajstić information content (AvgIpc) is 3.00. The third-order valence-corrected chi connectivity index (χ3v) is 3.64. The van der Waals surface area contributed by atoms with Crippen LogP contribution in [-0.2, 0) is 25.9 Å². The minimum atomic E-state index is 0.385. The van der Waals surface area contributed by atoms with E-state index < -0.39 is 0 Å². The van der Waals surface area contributed by atoms with Gasteiger partial charge in [-0.1, -0.05) is 6.92 Å². The minimum Gasteiger partial charge on any atom is -0.322 e. The van der Waals surface area contributed by atoms with Gasteiger partial charge in [0, 0.05) is 25.0 Å². The van der Waals surface area contributed by atoms with E-state index in [1.807, 2.05) is 17.8 Å². The molecular weight excluding hydrogens is 274 g/mol. The zero-order chi connectivity index (χ0) is 14.1. The Bertz CT molecular complexity index is 743. The molecule has 0 bridgehead atoms. The molecule has 0 radical (unpaired) electrons. The molecule has 0 aliphatic heterocycles. The summed E-state index contributed by atoms with van der Waals surface area (Å²) in [5.41, 5.74) is 4.26. The van der Waals surface area contributed by atoms with Crippen LogP contribution >= 0.6 is 11.6 Å². The fourth-order valence-corrected chi connectivity index (χ4v) is 2.70. The second-order valence-corrected chi connectivity index (χ2v) is 5.01. The smallest absolute Gasteiger partial charge is 0.125 e. The van der Waals surface area contributed by atoms with Gasteiger partial charge in [0.2, 0.25) is 0 Å². The zero-order valence-electron chi connectivity index (χ0n) is 11.5. The first-order valence-electron chi connectivity index (χ1n) is 6.59. The highest BCUT2D eigenvalue weighted by atomic mass is 35.5. The van der Waals surface area contributed by atoms with Crippen molar-refractivity contribution in [2.45, 2.75) is 25.8 Å². The fraction of sp³-hybridized carbons (Fsp3) is 0.357. The summed E-state index contributed by atoms with van der Waals surface area (Å²) in [4.78, 5) is 8.64. The van der Waals surface area contributed by atoms with E-state index in [9.17, 15) is 0 Å².